The van der Waals surface area contributed by atoms with Gasteiger partial charge in [-0.05, 0) is 31.0 Å². The molecule has 0 bridgehead atoms. The number of carbonyl (C=O) groups excluding carboxylic acids is 2. The lowest BCUT2D eigenvalue weighted by atomic mass is 10.1. The van der Waals surface area contributed by atoms with Crippen molar-refractivity contribution < 1.29 is 14.3 Å². The number of hydrogen-bond donors (Lipinski definition) is 1. The molecule has 0 aliphatic rings. The molecule has 5 nitrogen and oxygen atoms in total. The maximum Gasteiger partial charge on any atom is 0.340 e. The van der Waals surface area contributed by atoms with E-state index < -0.39 is 5.97 Å². The molecule has 0 fully saturated rings. The number of rotatable bonds is 8. The van der Waals surface area contributed by atoms with Crippen LogP contribution in [0.1, 0.15) is 22.8 Å². The number of nitrogens with zero attached hydrogens (tertiary/aromatic N) is 1. The zero-order chi connectivity index (χ0) is 17.2. The number of esters is 1. The summed E-state index contributed by atoms with van der Waals surface area (Å²) in [7, 11) is 0. The summed E-state index contributed by atoms with van der Waals surface area (Å²) in [5.41, 5.74) is 1.57. The number of hydrogen-bond acceptors (Lipinski definition) is 5. The topological polar surface area (TPSA) is 68.3 Å². The van der Waals surface area contributed by atoms with Crippen LogP contribution >= 0.6 is 11.8 Å². The molecule has 0 atom stereocenters. The number of thioether (sulfide) groups is 1. The Bertz CT molecular complexity index is 677. The second-order valence-corrected chi connectivity index (χ2v) is 5.91. The predicted octanol–water partition coefficient (Wildman–Crippen LogP) is 2.71. The van der Waals surface area contributed by atoms with E-state index in [9.17, 15) is 9.59 Å². The molecule has 0 spiro atoms. The van der Waals surface area contributed by atoms with Gasteiger partial charge in [0, 0.05) is 12.7 Å². The first kappa shape index (κ1) is 18.0. The molecule has 6 heteroatoms. The minimum Gasteiger partial charge on any atom is -0.462 e. The number of nitrogens with one attached hydrogen (secondary N) is 1. The van der Waals surface area contributed by atoms with Crippen molar-refractivity contribution in [3.63, 3.8) is 0 Å². The van der Waals surface area contributed by atoms with E-state index in [0.717, 1.165) is 6.42 Å². The SMILES string of the molecule is CCOC(=O)c1cccnc1SCC(=O)NCCc1ccccc1. The van der Waals surface area contributed by atoms with Gasteiger partial charge in [-0.1, -0.05) is 42.1 Å². The minimum absolute atomic E-state index is 0.0867. The Morgan fingerprint density at radius 2 is 1.96 bits per heavy atom. The van der Waals surface area contributed by atoms with Gasteiger partial charge in [0.25, 0.3) is 0 Å². The van der Waals surface area contributed by atoms with E-state index in [-0.39, 0.29) is 11.7 Å². The summed E-state index contributed by atoms with van der Waals surface area (Å²) < 4.78 is 5.00. The maximum absolute atomic E-state index is 11.9. The number of ether oxygens (including phenoxy) is 1. The smallest absolute Gasteiger partial charge is 0.340 e. The van der Waals surface area contributed by atoms with E-state index in [1.165, 1.54) is 17.3 Å². The summed E-state index contributed by atoms with van der Waals surface area (Å²) in [6.45, 7) is 2.63. The Balaban J connectivity index is 1.80. The lowest BCUT2D eigenvalue weighted by Gasteiger charge is -2.08. The van der Waals surface area contributed by atoms with Crippen LogP contribution in [0.15, 0.2) is 53.7 Å². The van der Waals surface area contributed by atoms with Gasteiger partial charge >= 0.3 is 5.97 Å². The average Bonchev–Trinajstić information content (AvgIpc) is 2.61. The highest BCUT2D eigenvalue weighted by molar-refractivity contribution is 8.00. The monoisotopic (exact) mass is 344 g/mol. The summed E-state index contributed by atoms with van der Waals surface area (Å²) in [5.74, 6) is -0.299. The highest BCUT2D eigenvalue weighted by atomic mass is 32.2. The number of benzene rings is 1. The van der Waals surface area contributed by atoms with Crippen LogP contribution in [-0.4, -0.2) is 35.8 Å². The van der Waals surface area contributed by atoms with Crippen molar-refractivity contribution >= 4 is 23.6 Å². The van der Waals surface area contributed by atoms with E-state index >= 15 is 0 Å². The molecule has 126 valence electrons. The summed E-state index contributed by atoms with van der Waals surface area (Å²) in [6.07, 6.45) is 2.38. The molecule has 1 aromatic heterocycles. The van der Waals surface area contributed by atoms with E-state index in [1.54, 1.807) is 25.3 Å². The van der Waals surface area contributed by atoms with Crippen LogP contribution in [-0.2, 0) is 16.0 Å². The molecule has 2 aromatic rings. The van der Waals surface area contributed by atoms with Crippen LogP contribution in [0.5, 0.6) is 0 Å². The molecule has 1 amide bonds. The maximum atomic E-state index is 11.9. The molecule has 1 heterocycles. The highest BCUT2D eigenvalue weighted by Crippen LogP contribution is 2.20. The molecule has 0 aliphatic carbocycles. The third-order valence-electron chi connectivity index (χ3n) is 3.19. The Hall–Kier alpha value is -2.34. The molecule has 24 heavy (non-hydrogen) atoms. The molecule has 0 saturated heterocycles. The minimum atomic E-state index is -0.419. The van der Waals surface area contributed by atoms with Crippen molar-refractivity contribution in [3.8, 4) is 0 Å². The van der Waals surface area contributed by atoms with E-state index in [0.29, 0.717) is 23.7 Å². The lowest BCUT2D eigenvalue weighted by Crippen LogP contribution is -2.27. The molecule has 2 rings (SSSR count). The third-order valence-corrected chi connectivity index (χ3v) is 4.19. The van der Waals surface area contributed by atoms with Crippen molar-refractivity contribution in [1.29, 1.82) is 0 Å². The number of amides is 1. The van der Waals surface area contributed by atoms with Crippen molar-refractivity contribution in [3.05, 3.63) is 59.8 Å². The van der Waals surface area contributed by atoms with Crippen LogP contribution in [0.2, 0.25) is 0 Å². The van der Waals surface area contributed by atoms with Crippen molar-refractivity contribution in [1.82, 2.24) is 10.3 Å². The Morgan fingerprint density at radius 1 is 1.17 bits per heavy atom. The first-order chi connectivity index (χ1) is 11.7. The van der Waals surface area contributed by atoms with E-state index in [4.69, 9.17) is 4.74 Å². The predicted molar refractivity (Wildman–Crippen MR) is 94.1 cm³/mol. The van der Waals surface area contributed by atoms with Crippen LogP contribution in [0.3, 0.4) is 0 Å². The second kappa shape index (κ2) is 9.72. The zero-order valence-corrected chi connectivity index (χ0v) is 14.3. The van der Waals surface area contributed by atoms with Crippen molar-refractivity contribution in [2.24, 2.45) is 0 Å². The van der Waals surface area contributed by atoms with E-state index in [1.807, 2.05) is 30.3 Å². The fourth-order valence-corrected chi connectivity index (χ4v) is 2.86. The summed E-state index contributed by atoms with van der Waals surface area (Å²) in [5, 5.41) is 3.38. The van der Waals surface area contributed by atoms with Crippen LogP contribution in [0, 0.1) is 0 Å². The van der Waals surface area contributed by atoms with Gasteiger partial charge in [-0.2, -0.15) is 0 Å². The standard InChI is InChI=1S/C18H20N2O3S/c1-2-23-18(22)15-9-6-11-20-17(15)24-13-16(21)19-12-10-14-7-4-3-5-8-14/h3-9,11H,2,10,12-13H2,1H3,(H,19,21). The Kier molecular flexibility index (Phi) is 7.29. The second-order valence-electron chi connectivity index (χ2n) is 4.95. The molecule has 1 aromatic carbocycles. The molecule has 0 radical (unpaired) electrons. The first-order valence-corrected chi connectivity index (χ1v) is 8.75. The van der Waals surface area contributed by atoms with Gasteiger partial charge in [0.2, 0.25) is 5.91 Å². The lowest BCUT2D eigenvalue weighted by molar-refractivity contribution is -0.118. The quantitative estimate of drug-likeness (QED) is 0.589. The van der Waals surface area contributed by atoms with Crippen molar-refractivity contribution in [2.75, 3.05) is 18.9 Å². The number of aromatic nitrogens is 1. The molecule has 0 saturated carbocycles. The fourth-order valence-electron chi connectivity index (χ4n) is 2.05. The van der Waals surface area contributed by atoms with Crippen LogP contribution in [0.4, 0.5) is 0 Å². The molecule has 0 aliphatic heterocycles. The number of pyridine rings is 1. The molecule has 1 N–H and O–H groups in total. The van der Waals surface area contributed by atoms with Gasteiger partial charge in [0.15, 0.2) is 0 Å². The fraction of sp³-hybridized carbons (Fsp3) is 0.278. The third kappa shape index (κ3) is 5.70. The normalized spacial score (nSPS) is 10.2. The molecule has 0 unspecified atom stereocenters. The van der Waals surface area contributed by atoms with Gasteiger partial charge in [-0.3, -0.25) is 4.79 Å². The zero-order valence-electron chi connectivity index (χ0n) is 13.5. The summed E-state index contributed by atoms with van der Waals surface area (Å²) in [4.78, 5) is 28.0. The molecular formula is C18H20N2O3S. The average molecular weight is 344 g/mol. The summed E-state index contributed by atoms with van der Waals surface area (Å²) >= 11 is 1.23. The first-order valence-electron chi connectivity index (χ1n) is 7.76. The number of carbonyl (C=O) groups is 2. The van der Waals surface area contributed by atoms with Crippen LogP contribution < -0.4 is 5.32 Å². The molecular weight excluding hydrogens is 324 g/mol. The van der Waals surface area contributed by atoms with Crippen LogP contribution in [0.25, 0.3) is 0 Å². The van der Waals surface area contributed by atoms with Gasteiger partial charge in [0.1, 0.15) is 5.03 Å². The van der Waals surface area contributed by atoms with E-state index in [2.05, 4.69) is 10.3 Å². The Labute approximate surface area is 145 Å². The van der Waals surface area contributed by atoms with Gasteiger partial charge in [-0.25, -0.2) is 9.78 Å². The van der Waals surface area contributed by atoms with Gasteiger partial charge < -0.3 is 10.1 Å². The Morgan fingerprint density at radius 3 is 2.71 bits per heavy atom. The highest BCUT2D eigenvalue weighted by Gasteiger charge is 2.14. The largest absolute Gasteiger partial charge is 0.462 e. The van der Waals surface area contributed by atoms with Crippen molar-refractivity contribution in [2.45, 2.75) is 18.4 Å². The van der Waals surface area contributed by atoms with Gasteiger partial charge in [-0.15, -0.1) is 0 Å². The summed E-state index contributed by atoms with van der Waals surface area (Å²) in [6, 6.07) is 13.3. The van der Waals surface area contributed by atoms with Gasteiger partial charge in [0.05, 0.1) is 17.9 Å².